The molecule has 0 fully saturated rings. The summed E-state index contributed by atoms with van der Waals surface area (Å²) in [5.74, 6) is -0.922. The van der Waals surface area contributed by atoms with Gasteiger partial charge in [-0.15, -0.1) is 0 Å². The van der Waals surface area contributed by atoms with Gasteiger partial charge in [-0.1, -0.05) is 36.7 Å². The minimum absolute atomic E-state index is 0.00788. The summed E-state index contributed by atoms with van der Waals surface area (Å²) in [6.07, 6.45) is -0.398. The Bertz CT molecular complexity index is 738. The van der Waals surface area contributed by atoms with Crippen molar-refractivity contribution in [3.63, 3.8) is 0 Å². The van der Waals surface area contributed by atoms with E-state index in [1.54, 1.807) is 27.7 Å². The van der Waals surface area contributed by atoms with Crippen LogP contribution in [0.25, 0.3) is 0 Å². The molecule has 0 unspecified atom stereocenters. The van der Waals surface area contributed by atoms with Crippen LogP contribution in [-0.2, 0) is 9.53 Å². The average molecular weight is 402 g/mol. The average Bonchev–Trinajstić information content (AvgIpc) is 2.53. The highest BCUT2D eigenvalue weighted by atomic mass is 35.5. The highest BCUT2D eigenvalue weighted by Crippen LogP contribution is 2.35. The van der Waals surface area contributed by atoms with E-state index in [0.29, 0.717) is 12.0 Å². The van der Waals surface area contributed by atoms with Gasteiger partial charge >= 0.3 is 6.09 Å². The molecule has 0 bridgehead atoms. The number of halogens is 2. The molecule has 0 heterocycles. The molecule has 0 saturated heterocycles. The van der Waals surface area contributed by atoms with Crippen LogP contribution in [0, 0.1) is 0 Å². The van der Waals surface area contributed by atoms with Crippen LogP contribution in [0.4, 0.5) is 4.79 Å². The normalized spacial score (nSPS) is 10.8. The van der Waals surface area contributed by atoms with E-state index >= 15 is 0 Å². The summed E-state index contributed by atoms with van der Waals surface area (Å²) in [6.45, 7) is 10.0. The smallest absolute Gasteiger partial charge is 0.414 e. The molecular formula is C18H21Cl2NO5. The molecule has 8 heteroatoms. The summed E-state index contributed by atoms with van der Waals surface area (Å²) < 4.78 is 10.2. The number of ether oxygens (including phenoxy) is 2. The van der Waals surface area contributed by atoms with Crippen molar-refractivity contribution in [1.29, 1.82) is 0 Å². The third kappa shape index (κ3) is 6.35. The lowest BCUT2D eigenvalue weighted by Gasteiger charge is -2.19. The maximum absolute atomic E-state index is 12.2. The number of benzene rings is 1. The first-order chi connectivity index (χ1) is 12.0. The van der Waals surface area contributed by atoms with E-state index in [1.165, 1.54) is 12.1 Å². The van der Waals surface area contributed by atoms with Crippen LogP contribution >= 0.6 is 23.2 Å². The molecule has 0 saturated carbocycles. The maximum atomic E-state index is 12.2. The summed E-state index contributed by atoms with van der Waals surface area (Å²) in [6, 6.07) is 2.86. The molecule has 0 radical (unpaired) electrons. The van der Waals surface area contributed by atoms with Crippen molar-refractivity contribution in [1.82, 2.24) is 5.32 Å². The molecule has 0 aliphatic carbocycles. The number of imide groups is 1. The predicted octanol–water partition coefficient (Wildman–Crippen LogP) is 4.57. The van der Waals surface area contributed by atoms with Gasteiger partial charge in [0.1, 0.15) is 16.4 Å². The summed E-state index contributed by atoms with van der Waals surface area (Å²) >= 11 is 12.2. The largest absolute Gasteiger partial charge is 0.482 e. The number of carbonyl (C=O) groups is 3. The van der Waals surface area contributed by atoms with Gasteiger partial charge in [-0.2, -0.15) is 0 Å². The number of Topliss-reactive ketones (excluding diaryl/α,β-unsaturated/α-hetero) is 1. The molecule has 0 aliphatic heterocycles. The first-order valence-corrected chi connectivity index (χ1v) is 8.58. The van der Waals surface area contributed by atoms with Gasteiger partial charge in [0, 0.05) is 5.56 Å². The maximum Gasteiger partial charge on any atom is 0.414 e. The highest BCUT2D eigenvalue weighted by Gasteiger charge is 2.20. The first-order valence-electron chi connectivity index (χ1n) is 7.82. The summed E-state index contributed by atoms with van der Waals surface area (Å²) in [4.78, 5) is 35.4. The number of hydrogen-bond donors (Lipinski definition) is 1. The second kappa shape index (κ2) is 9.05. The topological polar surface area (TPSA) is 81.7 Å². The number of hydrogen-bond acceptors (Lipinski definition) is 5. The molecule has 142 valence electrons. The number of rotatable bonds is 6. The summed E-state index contributed by atoms with van der Waals surface area (Å²) in [5.41, 5.74) is -0.130. The number of nitrogens with one attached hydrogen (secondary N) is 1. The van der Waals surface area contributed by atoms with Crippen LogP contribution in [0.2, 0.25) is 10.0 Å². The third-order valence-electron chi connectivity index (χ3n) is 3.04. The van der Waals surface area contributed by atoms with Crippen LogP contribution < -0.4 is 10.1 Å². The molecular weight excluding hydrogens is 381 g/mol. The zero-order valence-electron chi connectivity index (χ0n) is 15.1. The molecule has 0 aromatic heterocycles. The van der Waals surface area contributed by atoms with Crippen LogP contribution in [0.15, 0.2) is 24.3 Å². The number of carbonyl (C=O) groups excluding carboxylic acids is 3. The van der Waals surface area contributed by atoms with Crippen molar-refractivity contribution in [2.45, 2.75) is 39.7 Å². The van der Waals surface area contributed by atoms with Crippen molar-refractivity contribution in [2.75, 3.05) is 6.61 Å². The molecule has 1 aromatic carbocycles. The minimum Gasteiger partial charge on any atom is -0.482 e. The van der Waals surface area contributed by atoms with Crippen molar-refractivity contribution < 1.29 is 23.9 Å². The van der Waals surface area contributed by atoms with Gasteiger partial charge in [0.25, 0.3) is 5.91 Å². The lowest BCUT2D eigenvalue weighted by Crippen LogP contribution is -2.38. The Hall–Kier alpha value is -2.05. The quantitative estimate of drug-likeness (QED) is 0.557. The lowest BCUT2D eigenvalue weighted by atomic mass is 10.0. The van der Waals surface area contributed by atoms with E-state index in [2.05, 4.69) is 6.58 Å². The fraction of sp³-hybridized carbons (Fsp3) is 0.389. The fourth-order valence-corrected chi connectivity index (χ4v) is 2.23. The zero-order valence-corrected chi connectivity index (χ0v) is 16.6. The number of amides is 2. The number of ketones is 1. The summed E-state index contributed by atoms with van der Waals surface area (Å²) in [5, 5.41) is 2.03. The third-order valence-corrected chi connectivity index (χ3v) is 3.90. The highest BCUT2D eigenvalue weighted by molar-refractivity contribution is 6.45. The van der Waals surface area contributed by atoms with Gasteiger partial charge in [-0.25, -0.2) is 4.79 Å². The van der Waals surface area contributed by atoms with Gasteiger partial charge < -0.3 is 9.47 Å². The molecule has 1 N–H and O–H groups in total. The molecule has 0 aliphatic rings. The summed E-state index contributed by atoms with van der Waals surface area (Å²) in [7, 11) is 0. The molecule has 1 rings (SSSR count). The van der Waals surface area contributed by atoms with E-state index in [1.807, 2.05) is 5.32 Å². The van der Waals surface area contributed by atoms with Crippen LogP contribution in [0.1, 0.15) is 44.5 Å². The standard InChI is InChI=1S/C18H21Cl2NO5/c1-6-10(2)16(23)11-7-8-12(15(20)14(11)19)25-9-13(22)21-17(24)26-18(3,4)5/h7-8H,2,6,9H2,1,3-5H3,(H,21,22,24). The Morgan fingerprint density at radius 1 is 1.15 bits per heavy atom. The number of alkyl carbamates (subject to hydrolysis) is 1. The number of allylic oxidation sites excluding steroid dienone is 1. The van der Waals surface area contributed by atoms with E-state index in [9.17, 15) is 14.4 Å². The molecule has 0 spiro atoms. The van der Waals surface area contributed by atoms with Crippen molar-refractivity contribution >= 4 is 41.0 Å². The van der Waals surface area contributed by atoms with Gasteiger partial charge in [-0.3, -0.25) is 14.9 Å². The SMILES string of the molecule is C=C(CC)C(=O)c1ccc(OCC(=O)NC(=O)OC(C)(C)C)c(Cl)c1Cl. The Balaban J connectivity index is 2.76. The van der Waals surface area contributed by atoms with Crippen LogP contribution in [0.3, 0.4) is 0 Å². The van der Waals surface area contributed by atoms with Crippen molar-refractivity contribution in [3.05, 3.63) is 39.9 Å². The predicted molar refractivity (Wildman–Crippen MR) is 100 cm³/mol. The molecule has 1 aromatic rings. The van der Waals surface area contributed by atoms with Crippen LogP contribution in [0.5, 0.6) is 5.75 Å². The fourth-order valence-electron chi connectivity index (χ4n) is 1.77. The van der Waals surface area contributed by atoms with E-state index in [4.69, 9.17) is 32.7 Å². The monoisotopic (exact) mass is 401 g/mol. The Morgan fingerprint density at radius 3 is 2.31 bits per heavy atom. The van der Waals surface area contributed by atoms with Crippen molar-refractivity contribution in [2.24, 2.45) is 0 Å². The van der Waals surface area contributed by atoms with Gasteiger partial charge in [0.2, 0.25) is 0 Å². The van der Waals surface area contributed by atoms with E-state index < -0.39 is 24.2 Å². The van der Waals surface area contributed by atoms with Gasteiger partial charge in [-0.05, 0) is 44.9 Å². The molecule has 26 heavy (non-hydrogen) atoms. The van der Waals surface area contributed by atoms with Crippen molar-refractivity contribution in [3.8, 4) is 5.75 Å². The molecule has 2 amide bonds. The molecule has 6 nitrogen and oxygen atoms in total. The Morgan fingerprint density at radius 2 is 1.77 bits per heavy atom. The minimum atomic E-state index is -0.880. The Labute approximate surface area is 162 Å². The van der Waals surface area contributed by atoms with Gasteiger partial charge in [0.05, 0.1) is 5.02 Å². The second-order valence-electron chi connectivity index (χ2n) is 6.36. The van der Waals surface area contributed by atoms with Crippen LogP contribution in [-0.4, -0.2) is 30.0 Å². The van der Waals surface area contributed by atoms with E-state index in [0.717, 1.165) is 0 Å². The Kier molecular flexibility index (Phi) is 7.66. The second-order valence-corrected chi connectivity index (χ2v) is 7.12. The zero-order chi connectivity index (χ0) is 20.1. The van der Waals surface area contributed by atoms with E-state index in [-0.39, 0.29) is 27.1 Å². The first kappa shape index (κ1) is 22.0. The lowest BCUT2D eigenvalue weighted by molar-refractivity contribution is -0.122. The van der Waals surface area contributed by atoms with Gasteiger partial charge in [0.15, 0.2) is 12.4 Å². The molecule has 0 atom stereocenters.